The monoisotopic (exact) mass is 439 g/mol. The van der Waals surface area contributed by atoms with Crippen LogP contribution in [0.5, 0.6) is 5.75 Å². The number of morpholine rings is 1. The Labute approximate surface area is 192 Å². The fourth-order valence-electron chi connectivity index (χ4n) is 4.27. The molecule has 166 valence electrons. The molecule has 1 saturated heterocycles. The lowest BCUT2D eigenvalue weighted by Gasteiger charge is -2.27. The molecule has 4 aromatic rings. The van der Waals surface area contributed by atoms with Gasteiger partial charge in [0.2, 0.25) is 5.78 Å². The first-order valence-corrected chi connectivity index (χ1v) is 11.1. The molecule has 1 aliphatic heterocycles. The molecule has 0 atom stereocenters. The van der Waals surface area contributed by atoms with E-state index >= 15 is 0 Å². The van der Waals surface area contributed by atoms with Crippen molar-refractivity contribution >= 4 is 16.7 Å². The maximum atomic E-state index is 13.5. The van der Waals surface area contributed by atoms with Crippen LogP contribution in [-0.2, 0) is 17.7 Å². The Balaban J connectivity index is 1.52. The van der Waals surface area contributed by atoms with Crippen molar-refractivity contribution in [3.05, 3.63) is 101 Å². The zero-order valence-electron chi connectivity index (χ0n) is 18.3. The number of benzene rings is 2. The molecule has 1 fully saturated rings. The van der Waals surface area contributed by atoms with Gasteiger partial charge in [-0.25, -0.2) is 4.98 Å². The highest BCUT2D eigenvalue weighted by Crippen LogP contribution is 2.27. The van der Waals surface area contributed by atoms with Crippen LogP contribution in [0.1, 0.15) is 32.7 Å². The molecule has 6 heteroatoms. The molecule has 33 heavy (non-hydrogen) atoms. The van der Waals surface area contributed by atoms with Crippen molar-refractivity contribution in [2.75, 3.05) is 26.3 Å². The number of pyridine rings is 2. The van der Waals surface area contributed by atoms with Crippen LogP contribution in [0.4, 0.5) is 0 Å². The van der Waals surface area contributed by atoms with Gasteiger partial charge in [-0.3, -0.25) is 14.7 Å². The van der Waals surface area contributed by atoms with Gasteiger partial charge in [-0.2, -0.15) is 0 Å². The van der Waals surface area contributed by atoms with E-state index in [-0.39, 0.29) is 17.2 Å². The molecule has 0 unspecified atom stereocenters. The van der Waals surface area contributed by atoms with Crippen LogP contribution in [0.2, 0.25) is 0 Å². The van der Waals surface area contributed by atoms with Crippen molar-refractivity contribution in [2.24, 2.45) is 0 Å². The first-order valence-electron chi connectivity index (χ1n) is 11.1. The predicted octanol–water partition coefficient (Wildman–Crippen LogP) is 3.99. The lowest BCUT2D eigenvalue weighted by Crippen LogP contribution is -2.35. The zero-order valence-corrected chi connectivity index (χ0v) is 18.3. The molecule has 0 amide bonds. The van der Waals surface area contributed by atoms with Gasteiger partial charge in [0.15, 0.2) is 11.4 Å². The highest BCUT2D eigenvalue weighted by molar-refractivity contribution is 6.11. The summed E-state index contributed by atoms with van der Waals surface area (Å²) in [6, 6.07) is 19.8. The first-order chi connectivity index (χ1) is 16.2. The Morgan fingerprint density at radius 3 is 2.55 bits per heavy atom. The van der Waals surface area contributed by atoms with Crippen molar-refractivity contribution in [3.63, 3.8) is 0 Å². The van der Waals surface area contributed by atoms with Crippen molar-refractivity contribution in [1.82, 2.24) is 14.9 Å². The SMILES string of the molecule is O=C(c1cc(Cc2ccccc2)cc(CN2CCOCC2)c1)c1ncc2cccnc2c1O. The average Bonchev–Trinajstić information content (AvgIpc) is 2.85. The van der Waals surface area contributed by atoms with Crippen LogP contribution in [0.3, 0.4) is 0 Å². The summed E-state index contributed by atoms with van der Waals surface area (Å²) in [7, 11) is 0. The van der Waals surface area contributed by atoms with Crippen LogP contribution < -0.4 is 0 Å². The quantitative estimate of drug-likeness (QED) is 0.458. The Morgan fingerprint density at radius 1 is 0.939 bits per heavy atom. The summed E-state index contributed by atoms with van der Waals surface area (Å²) >= 11 is 0. The number of aromatic hydroxyl groups is 1. The van der Waals surface area contributed by atoms with Crippen molar-refractivity contribution in [1.29, 1.82) is 0 Å². The van der Waals surface area contributed by atoms with Crippen LogP contribution in [0, 0.1) is 0 Å². The number of hydrogen-bond acceptors (Lipinski definition) is 6. The molecule has 3 heterocycles. The minimum Gasteiger partial charge on any atom is -0.504 e. The van der Waals surface area contributed by atoms with Gasteiger partial charge in [-0.05, 0) is 47.4 Å². The van der Waals surface area contributed by atoms with E-state index in [1.54, 1.807) is 18.5 Å². The summed E-state index contributed by atoms with van der Waals surface area (Å²) in [5.41, 5.74) is 4.21. The topological polar surface area (TPSA) is 75.6 Å². The van der Waals surface area contributed by atoms with Gasteiger partial charge in [-0.15, -0.1) is 0 Å². The number of carbonyl (C=O) groups is 1. The second-order valence-corrected chi connectivity index (χ2v) is 8.31. The molecular weight excluding hydrogens is 414 g/mol. The Hall–Kier alpha value is -3.61. The number of ether oxygens (including phenoxy) is 1. The molecule has 0 aliphatic carbocycles. The third-order valence-electron chi connectivity index (χ3n) is 5.91. The first kappa shape index (κ1) is 21.2. The van der Waals surface area contributed by atoms with Crippen molar-refractivity contribution in [2.45, 2.75) is 13.0 Å². The number of fused-ring (bicyclic) bond motifs is 1. The molecule has 2 aromatic heterocycles. The number of carbonyl (C=O) groups excluding carboxylic acids is 1. The Kier molecular flexibility index (Phi) is 6.11. The Morgan fingerprint density at radius 2 is 1.73 bits per heavy atom. The van der Waals surface area contributed by atoms with Gasteiger partial charge in [0.25, 0.3) is 0 Å². The number of ketones is 1. The number of nitrogens with zero attached hydrogens (tertiary/aromatic N) is 3. The van der Waals surface area contributed by atoms with Crippen LogP contribution in [0.25, 0.3) is 10.9 Å². The second kappa shape index (κ2) is 9.48. The fourth-order valence-corrected chi connectivity index (χ4v) is 4.27. The summed E-state index contributed by atoms with van der Waals surface area (Å²) in [5, 5.41) is 11.4. The second-order valence-electron chi connectivity index (χ2n) is 8.31. The maximum Gasteiger partial charge on any atom is 0.215 e. The summed E-state index contributed by atoms with van der Waals surface area (Å²) < 4.78 is 5.47. The zero-order chi connectivity index (χ0) is 22.6. The minimum absolute atomic E-state index is 0.0235. The smallest absolute Gasteiger partial charge is 0.215 e. The standard InChI is InChI=1S/C27H25N3O3/c31-26(25-27(32)24-22(17-29-25)7-4-8-28-24)23-15-20(13-19-5-2-1-3-6-19)14-21(16-23)18-30-9-11-33-12-10-30/h1-8,14-17,32H,9-13,18H2. The van der Waals surface area contributed by atoms with Gasteiger partial charge in [0, 0.05) is 43.0 Å². The molecule has 0 radical (unpaired) electrons. The maximum absolute atomic E-state index is 13.5. The third-order valence-corrected chi connectivity index (χ3v) is 5.91. The van der Waals surface area contributed by atoms with E-state index in [1.807, 2.05) is 36.4 Å². The van der Waals surface area contributed by atoms with Crippen LogP contribution in [0.15, 0.2) is 73.1 Å². The highest BCUT2D eigenvalue weighted by Gasteiger charge is 2.20. The molecule has 5 rings (SSSR count). The van der Waals surface area contributed by atoms with Crippen molar-refractivity contribution in [3.8, 4) is 5.75 Å². The van der Waals surface area contributed by atoms with Gasteiger partial charge < -0.3 is 9.84 Å². The average molecular weight is 440 g/mol. The molecule has 0 saturated carbocycles. The third kappa shape index (κ3) is 4.77. The van der Waals surface area contributed by atoms with Crippen LogP contribution in [-0.4, -0.2) is 52.1 Å². The Bertz CT molecular complexity index is 1280. The summed E-state index contributed by atoms with van der Waals surface area (Å²) in [4.78, 5) is 24.3. The number of rotatable bonds is 6. The fraction of sp³-hybridized carbons (Fsp3) is 0.222. The molecule has 0 bridgehead atoms. The molecule has 2 aromatic carbocycles. The van der Waals surface area contributed by atoms with Gasteiger partial charge in [-0.1, -0.05) is 36.4 Å². The number of hydrogen-bond donors (Lipinski definition) is 1. The molecule has 0 spiro atoms. The van der Waals surface area contributed by atoms with E-state index in [0.29, 0.717) is 16.5 Å². The lowest BCUT2D eigenvalue weighted by molar-refractivity contribution is 0.0341. The predicted molar refractivity (Wildman–Crippen MR) is 126 cm³/mol. The van der Waals surface area contributed by atoms with E-state index in [0.717, 1.165) is 50.4 Å². The molecule has 6 nitrogen and oxygen atoms in total. The highest BCUT2D eigenvalue weighted by atomic mass is 16.5. The molecular formula is C27H25N3O3. The van der Waals surface area contributed by atoms with E-state index in [1.165, 1.54) is 5.56 Å². The van der Waals surface area contributed by atoms with Crippen molar-refractivity contribution < 1.29 is 14.6 Å². The van der Waals surface area contributed by atoms with E-state index in [9.17, 15) is 9.90 Å². The van der Waals surface area contributed by atoms with Gasteiger partial charge in [0.05, 0.1) is 13.2 Å². The van der Waals surface area contributed by atoms with Gasteiger partial charge in [0.1, 0.15) is 5.52 Å². The normalized spacial score (nSPS) is 14.4. The summed E-state index contributed by atoms with van der Waals surface area (Å²) in [5.74, 6) is -0.487. The van der Waals surface area contributed by atoms with Gasteiger partial charge >= 0.3 is 0 Å². The lowest BCUT2D eigenvalue weighted by atomic mass is 9.96. The largest absolute Gasteiger partial charge is 0.504 e. The van der Waals surface area contributed by atoms with E-state index in [2.05, 4.69) is 33.1 Å². The molecule has 1 N–H and O–H groups in total. The summed E-state index contributed by atoms with van der Waals surface area (Å²) in [6.07, 6.45) is 3.89. The molecule has 1 aliphatic rings. The van der Waals surface area contributed by atoms with Crippen LogP contribution >= 0.6 is 0 Å². The minimum atomic E-state index is -0.307. The summed E-state index contributed by atoms with van der Waals surface area (Å²) in [6.45, 7) is 3.91. The van der Waals surface area contributed by atoms with E-state index in [4.69, 9.17) is 4.74 Å². The van der Waals surface area contributed by atoms with E-state index < -0.39 is 0 Å². The number of aromatic nitrogens is 2.